The average molecular weight is 446 g/mol. The molecule has 1 fully saturated rings. The second-order valence-electron chi connectivity index (χ2n) is 8.54. The number of ether oxygens (including phenoxy) is 1. The first-order valence-electron chi connectivity index (χ1n) is 11.6. The summed E-state index contributed by atoms with van der Waals surface area (Å²) in [6.45, 7) is 4.23. The Hall–Kier alpha value is -2.37. The maximum Gasteiger partial charge on any atom is 0.168 e. The van der Waals surface area contributed by atoms with E-state index in [1.165, 1.54) is 6.07 Å². The van der Waals surface area contributed by atoms with E-state index in [0.29, 0.717) is 18.7 Å². The lowest BCUT2D eigenvalue weighted by Crippen LogP contribution is -2.39. The Morgan fingerprint density at radius 3 is 2.84 bits per heavy atom. The van der Waals surface area contributed by atoms with Gasteiger partial charge < -0.3 is 10.1 Å². The highest BCUT2D eigenvalue weighted by atomic mass is 19.2. The highest BCUT2D eigenvalue weighted by Crippen LogP contribution is 2.42. The van der Waals surface area contributed by atoms with Gasteiger partial charge in [0.15, 0.2) is 17.5 Å². The maximum atomic E-state index is 14.7. The number of unbranched alkanes of at least 4 members (excludes halogenated alkanes) is 1. The summed E-state index contributed by atoms with van der Waals surface area (Å²) in [5, 5.41) is 16.0. The van der Waals surface area contributed by atoms with Crippen molar-refractivity contribution in [1.29, 1.82) is 0 Å². The van der Waals surface area contributed by atoms with Crippen molar-refractivity contribution in [3.63, 3.8) is 0 Å². The first kappa shape index (κ1) is 24.3. The summed E-state index contributed by atoms with van der Waals surface area (Å²) in [5.41, 5.74) is 0.0238. The van der Waals surface area contributed by atoms with Gasteiger partial charge in [0.2, 0.25) is 0 Å². The molecule has 3 rings (SSSR count). The molecule has 32 heavy (non-hydrogen) atoms. The lowest BCUT2D eigenvalue weighted by atomic mass is 9.78. The summed E-state index contributed by atoms with van der Waals surface area (Å²) in [7, 11) is 0. The Bertz CT molecular complexity index is 889. The summed E-state index contributed by atoms with van der Waals surface area (Å²) in [4.78, 5) is 0. The number of tetrazole rings is 1. The topological polar surface area (TPSA) is 64.9 Å². The molecule has 174 valence electrons. The van der Waals surface area contributed by atoms with Crippen molar-refractivity contribution in [2.45, 2.75) is 76.3 Å². The fourth-order valence-corrected chi connectivity index (χ4v) is 4.60. The van der Waals surface area contributed by atoms with Crippen LogP contribution in [0.1, 0.15) is 75.7 Å². The van der Waals surface area contributed by atoms with Crippen LogP contribution in [0, 0.1) is 24.0 Å². The summed E-state index contributed by atoms with van der Waals surface area (Å²) in [6.07, 6.45) is 12.4. The number of benzene rings is 1. The zero-order valence-corrected chi connectivity index (χ0v) is 18.8. The average Bonchev–Trinajstić information content (AvgIpc) is 3.46. The largest absolute Gasteiger partial charge is 0.369 e. The molecule has 0 aliphatic heterocycles. The Kier molecular flexibility index (Phi) is 9.12. The molecule has 1 unspecified atom stereocenters. The van der Waals surface area contributed by atoms with E-state index in [4.69, 9.17) is 11.2 Å². The maximum absolute atomic E-state index is 14.7. The van der Waals surface area contributed by atoms with Crippen LogP contribution < -0.4 is 5.32 Å². The van der Waals surface area contributed by atoms with Crippen molar-refractivity contribution in [2.75, 3.05) is 19.8 Å². The number of aryl methyl sites for hydroxylation is 1. The molecule has 0 radical (unpaired) electrons. The standard InChI is InChI=1S/C24H33F2N5O/c1-3-5-15-31-23(28-29-30-31)21(12-9-17-32-16-4-2)27-18-24(13-6-7-14-24)19-10-8-11-20(25)22(19)26/h2,8,10-11,21,27H,3,5-7,9,12-18H2,1H3. The van der Waals surface area contributed by atoms with Crippen LogP contribution in [0.5, 0.6) is 0 Å². The van der Waals surface area contributed by atoms with Crippen molar-refractivity contribution in [2.24, 2.45) is 0 Å². The normalized spacial score (nSPS) is 16.2. The second kappa shape index (κ2) is 12.0. The van der Waals surface area contributed by atoms with E-state index in [1.54, 1.807) is 12.1 Å². The van der Waals surface area contributed by atoms with E-state index in [-0.39, 0.29) is 12.6 Å². The van der Waals surface area contributed by atoms with Crippen LogP contribution in [0.2, 0.25) is 0 Å². The van der Waals surface area contributed by atoms with Crippen LogP contribution in [0.3, 0.4) is 0 Å². The lowest BCUT2D eigenvalue weighted by Gasteiger charge is -2.32. The van der Waals surface area contributed by atoms with Gasteiger partial charge in [-0.05, 0) is 54.2 Å². The Balaban J connectivity index is 1.78. The molecule has 6 nitrogen and oxygen atoms in total. The van der Waals surface area contributed by atoms with Crippen LogP contribution in [0.15, 0.2) is 18.2 Å². The van der Waals surface area contributed by atoms with Crippen molar-refractivity contribution in [3.05, 3.63) is 41.2 Å². The molecule has 1 N–H and O–H groups in total. The Labute approximate surface area is 189 Å². The fourth-order valence-electron chi connectivity index (χ4n) is 4.60. The summed E-state index contributed by atoms with van der Waals surface area (Å²) in [6, 6.07) is 4.37. The van der Waals surface area contributed by atoms with E-state index in [2.05, 4.69) is 33.7 Å². The molecule has 1 atom stereocenters. The molecule has 1 aromatic carbocycles. The number of nitrogens with zero attached hydrogens (tertiary/aromatic N) is 4. The SMILES string of the molecule is C#CCOCCCC(NCC1(c2cccc(F)c2F)CCCC1)c1nnnn1CCCC. The van der Waals surface area contributed by atoms with Gasteiger partial charge in [0.25, 0.3) is 0 Å². The second-order valence-corrected chi connectivity index (χ2v) is 8.54. The Morgan fingerprint density at radius 2 is 2.09 bits per heavy atom. The van der Waals surface area contributed by atoms with Crippen molar-refractivity contribution >= 4 is 0 Å². The van der Waals surface area contributed by atoms with Crippen molar-refractivity contribution in [1.82, 2.24) is 25.5 Å². The number of rotatable bonds is 13. The minimum atomic E-state index is -0.792. The van der Waals surface area contributed by atoms with Crippen molar-refractivity contribution < 1.29 is 13.5 Å². The first-order valence-corrected chi connectivity index (χ1v) is 11.6. The predicted octanol–water partition coefficient (Wildman–Crippen LogP) is 4.32. The van der Waals surface area contributed by atoms with Gasteiger partial charge in [-0.2, -0.15) is 0 Å². The molecule has 1 heterocycles. The number of halogens is 2. The zero-order chi connectivity index (χ0) is 22.8. The van der Waals surface area contributed by atoms with E-state index in [0.717, 1.165) is 63.7 Å². The summed E-state index contributed by atoms with van der Waals surface area (Å²) in [5.74, 6) is 1.71. The quantitative estimate of drug-likeness (QED) is 0.367. The van der Waals surface area contributed by atoms with Gasteiger partial charge in [0, 0.05) is 25.1 Å². The molecular formula is C24H33F2N5O. The third kappa shape index (κ3) is 5.90. The molecular weight excluding hydrogens is 412 g/mol. The number of hydrogen-bond donors (Lipinski definition) is 1. The number of nitrogens with one attached hydrogen (secondary N) is 1. The van der Waals surface area contributed by atoms with Gasteiger partial charge in [0.1, 0.15) is 6.61 Å². The molecule has 1 saturated carbocycles. The first-order chi connectivity index (χ1) is 15.6. The number of aromatic nitrogens is 4. The van der Waals surface area contributed by atoms with Gasteiger partial charge in [-0.1, -0.05) is 44.2 Å². The predicted molar refractivity (Wildman–Crippen MR) is 119 cm³/mol. The monoisotopic (exact) mass is 445 g/mol. The fraction of sp³-hybridized carbons (Fsp3) is 0.625. The molecule has 0 amide bonds. The highest BCUT2D eigenvalue weighted by Gasteiger charge is 2.39. The van der Waals surface area contributed by atoms with Crippen LogP contribution in [0.25, 0.3) is 0 Å². The molecule has 0 spiro atoms. The molecule has 2 aromatic rings. The van der Waals surface area contributed by atoms with Gasteiger partial charge in [-0.25, -0.2) is 13.5 Å². The minimum Gasteiger partial charge on any atom is -0.369 e. The third-order valence-electron chi connectivity index (χ3n) is 6.33. The van der Waals surface area contributed by atoms with E-state index >= 15 is 0 Å². The summed E-state index contributed by atoms with van der Waals surface area (Å²) >= 11 is 0. The number of hydrogen-bond acceptors (Lipinski definition) is 5. The van der Waals surface area contributed by atoms with Gasteiger partial charge in [-0.3, -0.25) is 0 Å². The van der Waals surface area contributed by atoms with Gasteiger partial charge in [0.05, 0.1) is 6.04 Å². The van der Waals surface area contributed by atoms with E-state index in [9.17, 15) is 8.78 Å². The lowest BCUT2D eigenvalue weighted by molar-refractivity contribution is 0.158. The van der Waals surface area contributed by atoms with Crippen LogP contribution >= 0.6 is 0 Å². The highest BCUT2D eigenvalue weighted by molar-refractivity contribution is 5.30. The molecule has 0 saturated heterocycles. The molecule has 1 aliphatic carbocycles. The third-order valence-corrected chi connectivity index (χ3v) is 6.33. The Morgan fingerprint density at radius 1 is 1.28 bits per heavy atom. The number of terminal acetylenes is 1. The van der Waals surface area contributed by atoms with Crippen molar-refractivity contribution in [3.8, 4) is 12.3 Å². The van der Waals surface area contributed by atoms with Crippen LogP contribution in [0.4, 0.5) is 8.78 Å². The molecule has 1 aliphatic rings. The van der Waals surface area contributed by atoms with E-state index < -0.39 is 17.0 Å². The minimum absolute atomic E-state index is 0.120. The van der Waals surface area contributed by atoms with Crippen LogP contribution in [-0.4, -0.2) is 40.0 Å². The van der Waals surface area contributed by atoms with Gasteiger partial charge in [-0.15, -0.1) is 11.5 Å². The van der Waals surface area contributed by atoms with Crippen LogP contribution in [-0.2, 0) is 16.7 Å². The van der Waals surface area contributed by atoms with E-state index in [1.807, 2.05) is 4.68 Å². The molecule has 1 aromatic heterocycles. The molecule has 0 bridgehead atoms. The zero-order valence-electron chi connectivity index (χ0n) is 18.8. The summed E-state index contributed by atoms with van der Waals surface area (Å²) < 4.78 is 36.0. The molecule has 8 heteroatoms. The van der Waals surface area contributed by atoms with Gasteiger partial charge >= 0.3 is 0 Å². The smallest absolute Gasteiger partial charge is 0.168 e.